The summed E-state index contributed by atoms with van der Waals surface area (Å²) in [5.74, 6) is 1.18. The second-order valence-corrected chi connectivity index (χ2v) is 7.38. The molecule has 3 fully saturated rings. The molecule has 0 bridgehead atoms. The van der Waals surface area contributed by atoms with Crippen LogP contribution < -0.4 is 4.74 Å². The van der Waals surface area contributed by atoms with Crippen LogP contribution in [0.15, 0.2) is 24.5 Å². The normalized spacial score (nSPS) is 30.6. The molecule has 1 spiro atoms. The van der Waals surface area contributed by atoms with Crippen LogP contribution in [0, 0.1) is 5.92 Å². The standard InChI is InChI=1S/C19H26N2O4/c22-18(15-4-9-23-10-5-15)21-8-2-6-19(14-21)11-17(13-24-19)25-16-3-1-7-20-12-16/h1,3,7,12,15,17H,2,4-6,8-11,13-14H2/t17-,19-/m1/s1. The lowest BCUT2D eigenvalue weighted by Crippen LogP contribution is -2.52. The first-order valence-electron chi connectivity index (χ1n) is 9.31. The number of likely N-dealkylation sites (tertiary alicyclic amines) is 1. The predicted molar refractivity (Wildman–Crippen MR) is 91.3 cm³/mol. The number of rotatable bonds is 3. The van der Waals surface area contributed by atoms with Crippen molar-refractivity contribution >= 4 is 5.91 Å². The molecule has 1 aromatic rings. The van der Waals surface area contributed by atoms with E-state index in [9.17, 15) is 4.79 Å². The van der Waals surface area contributed by atoms with Crippen LogP contribution in [0.2, 0.25) is 0 Å². The SMILES string of the molecule is O=C(C1CCOCC1)N1CCC[C@@]2(C[C@@H](Oc3cccnc3)CO2)C1. The minimum absolute atomic E-state index is 0.0299. The van der Waals surface area contributed by atoms with Crippen LogP contribution in [0.25, 0.3) is 0 Å². The fraction of sp³-hybridized carbons (Fsp3) is 0.684. The third kappa shape index (κ3) is 3.80. The summed E-state index contributed by atoms with van der Waals surface area (Å²) in [6.45, 7) is 3.51. The Balaban J connectivity index is 1.36. The summed E-state index contributed by atoms with van der Waals surface area (Å²) in [4.78, 5) is 18.9. The van der Waals surface area contributed by atoms with Gasteiger partial charge in [-0.15, -0.1) is 0 Å². The number of hydrogen-bond donors (Lipinski definition) is 0. The molecule has 4 rings (SSSR count). The van der Waals surface area contributed by atoms with Crippen LogP contribution >= 0.6 is 0 Å². The highest BCUT2D eigenvalue weighted by Gasteiger charge is 2.46. The van der Waals surface area contributed by atoms with Crippen molar-refractivity contribution in [1.29, 1.82) is 0 Å². The van der Waals surface area contributed by atoms with Crippen molar-refractivity contribution in [2.75, 3.05) is 32.9 Å². The molecule has 3 saturated heterocycles. The molecule has 0 unspecified atom stereocenters. The number of piperidine rings is 1. The van der Waals surface area contributed by atoms with Crippen molar-refractivity contribution in [2.24, 2.45) is 5.92 Å². The number of pyridine rings is 1. The maximum atomic E-state index is 12.8. The largest absolute Gasteiger partial charge is 0.486 e. The van der Waals surface area contributed by atoms with E-state index in [4.69, 9.17) is 14.2 Å². The van der Waals surface area contributed by atoms with Gasteiger partial charge in [0.2, 0.25) is 5.91 Å². The van der Waals surface area contributed by atoms with Gasteiger partial charge in [0.15, 0.2) is 0 Å². The molecule has 0 aliphatic carbocycles. The van der Waals surface area contributed by atoms with Gasteiger partial charge in [-0.05, 0) is 37.8 Å². The van der Waals surface area contributed by atoms with Crippen molar-refractivity contribution in [1.82, 2.24) is 9.88 Å². The highest BCUT2D eigenvalue weighted by atomic mass is 16.6. The number of nitrogens with zero attached hydrogens (tertiary/aromatic N) is 2. The van der Waals surface area contributed by atoms with Crippen molar-refractivity contribution in [3.8, 4) is 5.75 Å². The molecule has 0 radical (unpaired) electrons. The first-order chi connectivity index (χ1) is 12.2. The highest BCUT2D eigenvalue weighted by Crippen LogP contribution is 2.37. The smallest absolute Gasteiger partial charge is 0.225 e. The van der Waals surface area contributed by atoms with Crippen LogP contribution in [0.3, 0.4) is 0 Å². The Morgan fingerprint density at radius 1 is 1.36 bits per heavy atom. The van der Waals surface area contributed by atoms with Crippen molar-refractivity contribution in [3.05, 3.63) is 24.5 Å². The van der Waals surface area contributed by atoms with Crippen LogP contribution in [-0.4, -0.2) is 60.4 Å². The van der Waals surface area contributed by atoms with Crippen molar-refractivity contribution < 1.29 is 19.0 Å². The van der Waals surface area contributed by atoms with E-state index in [1.807, 2.05) is 17.0 Å². The molecule has 6 nitrogen and oxygen atoms in total. The monoisotopic (exact) mass is 346 g/mol. The third-order valence-electron chi connectivity index (χ3n) is 5.53. The fourth-order valence-electron chi connectivity index (χ4n) is 4.26. The average molecular weight is 346 g/mol. The Labute approximate surface area is 148 Å². The molecular weight excluding hydrogens is 320 g/mol. The van der Waals surface area contributed by atoms with Gasteiger partial charge in [0.05, 0.1) is 18.4 Å². The summed E-state index contributed by atoms with van der Waals surface area (Å²) in [5, 5.41) is 0. The minimum Gasteiger partial charge on any atom is -0.486 e. The summed E-state index contributed by atoms with van der Waals surface area (Å²) in [6, 6.07) is 3.79. The predicted octanol–water partition coefficient (Wildman–Crippen LogP) is 2.04. The number of hydrogen-bond acceptors (Lipinski definition) is 5. The van der Waals surface area contributed by atoms with E-state index in [2.05, 4.69) is 4.98 Å². The maximum Gasteiger partial charge on any atom is 0.225 e. The van der Waals surface area contributed by atoms with E-state index in [0.29, 0.717) is 26.4 Å². The first-order valence-corrected chi connectivity index (χ1v) is 9.31. The van der Waals surface area contributed by atoms with Gasteiger partial charge in [-0.1, -0.05) is 0 Å². The summed E-state index contributed by atoms with van der Waals surface area (Å²) >= 11 is 0. The van der Waals surface area contributed by atoms with Crippen LogP contribution in [-0.2, 0) is 14.3 Å². The van der Waals surface area contributed by atoms with Gasteiger partial charge in [-0.2, -0.15) is 0 Å². The van der Waals surface area contributed by atoms with Gasteiger partial charge in [0, 0.05) is 44.8 Å². The van der Waals surface area contributed by atoms with Crippen LogP contribution in [0.4, 0.5) is 0 Å². The molecule has 3 aliphatic rings. The van der Waals surface area contributed by atoms with Crippen LogP contribution in [0.5, 0.6) is 5.75 Å². The molecular formula is C19H26N2O4. The molecule has 1 amide bonds. The van der Waals surface area contributed by atoms with Gasteiger partial charge in [-0.3, -0.25) is 9.78 Å². The molecule has 1 aromatic heterocycles. The van der Waals surface area contributed by atoms with E-state index < -0.39 is 0 Å². The van der Waals surface area contributed by atoms with Gasteiger partial charge in [-0.25, -0.2) is 0 Å². The average Bonchev–Trinajstić information content (AvgIpc) is 3.04. The lowest BCUT2D eigenvalue weighted by molar-refractivity contribution is -0.146. The Hall–Kier alpha value is -1.66. The fourth-order valence-corrected chi connectivity index (χ4v) is 4.26. The number of carbonyl (C=O) groups excluding carboxylic acids is 1. The molecule has 25 heavy (non-hydrogen) atoms. The van der Waals surface area contributed by atoms with E-state index in [1.54, 1.807) is 12.4 Å². The summed E-state index contributed by atoms with van der Waals surface area (Å²) in [7, 11) is 0. The Bertz CT molecular complexity index is 590. The zero-order valence-corrected chi connectivity index (χ0v) is 14.6. The van der Waals surface area contributed by atoms with E-state index in [0.717, 1.165) is 44.4 Å². The molecule has 0 aromatic carbocycles. The van der Waals surface area contributed by atoms with Gasteiger partial charge in [0.1, 0.15) is 11.9 Å². The summed E-state index contributed by atoms with van der Waals surface area (Å²) in [6.07, 6.45) is 8.01. The molecule has 4 heterocycles. The number of amides is 1. The number of carbonyl (C=O) groups is 1. The molecule has 6 heteroatoms. The summed E-state index contributed by atoms with van der Waals surface area (Å²) in [5.41, 5.74) is -0.244. The second kappa shape index (κ2) is 7.30. The van der Waals surface area contributed by atoms with Gasteiger partial charge >= 0.3 is 0 Å². The molecule has 0 N–H and O–H groups in total. The van der Waals surface area contributed by atoms with Gasteiger partial charge < -0.3 is 19.1 Å². The van der Waals surface area contributed by atoms with Crippen molar-refractivity contribution in [2.45, 2.75) is 43.8 Å². The van der Waals surface area contributed by atoms with E-state index in [-0.39, 0.29) is 23.5 Å². The minimum atomic E-state index is -0.244. The number of aromatic nitrogens is 1. The highest BCUT2D eigenvalue weighted by molar-refractivity contribution is 5.79. The van der Waals surface area contributed by atoms with Crippen molar-refractivity contribution in [3.63, 3.8) is 0 Å². The Morgan fingerprint density at radius 2 is 2.24 bits per heavy atom. The lowest BCUT2D eigenvalue weighted by Gasteiger charge is -2.41. The zero-order chi connectivity index (χ0) is 17.1. The molecule has 0 saturated carbocycles. The Kier molecular flexibility index (Phi) is 4.90. The maximum absolute atomic E-state index is 12.8. The zero-order valence-electron chi connectivity index (χ0n) is 14.6. The quantitative estimate of drug-likeness (QED) is 0.838. The Morgan fingerprint density at radius 3 is 3.04 bits per heavy atom. The molecule has 136 valence electrons. The van der Waals surface area contributed by atoms with E-state index in [1.165, 1.54) is 0 Å². The first kappa shape index (κ1) is 16.8. The lowest BCUT2D eigenvalue weighted by atomic mass is 9.88. The second-order valence-electron chi connectivity index (χ2n) is 7.38. The molecule has 2 atom stereocenters. The third-order valence-corrected chi connectivity index (χ3v) is 5.53. The number of ether oxygens (including phenoxy) is 3. The summed E-state index contributed by atoms with van der Waals surface area (Å²) < 4.78 is 17.6. The topological polar surface area (TPSA) is 60.9 Å². The van der Waals surface area contributed by atoms with Crippen LogP contribution in [0.1, 0.15) is 32.1 Å². The van der Waals surface area contributed by atoms with Gasteiger partial charge in [0.25, 0.3) is 0 Å². The molecule has 3 aliphatic heterocycles. The van der Waals surface area contributed by atoms with E-state index >= 15 is 0 Å².